The number of anilines is 3. The lowest BCUT2D eigenvalue weighted by atomic mass is 10.00. The Morgan fingerprint density at radius 1 is 0.455 bits per heavy atom. The van der Waals surface area contributed by atoms with Gasteiger partial charge in [0.25, 0.3) is 0 Å². The molecular weight excluding hydrogens is 555 g/mol. The Hall–Kier alpha value is -5.75. The Bertz CT molecular complexity index is 2080. The van der Waals surface area contributed by atoms with E-state index in [4.69, 9.17) is 9.97 Å². The van der Waals surface area contributed by atoms with Gasteiger partial charge in [-0.2, -0.15) is 0 Å². The van der Waals surface area contributed by atoms with Gasteiger partial charge in [-0.1, -0.05) is 91.0 Å². The molecule has 0 aliphatic rings. The summed E-state index contributed by atoms with van der Waals surface area (Å²) in [6.45, 7) is 0. The van der Waals surface area contributed by atoms with Crippen molar-refractivity contribution in [2.45, 2.75) is 0 Å². The Morgan fingerprint density at radius 2 is 1.07 bits per heavy atom. The predicted molar refractivity (Wildman–Crippen MR) is 170 cm³/mol. The van der Waals surface area contributed by atoms with Gasteiger partial charge in [0.2, 0.25) is 0 Å². The highest BCUT2D eigenvalue weighted by atomic mass is 19.1. The highest BCUT2D eigenvalue weighted by Crippen LogP contribution is 2.44. The summed E-state index contributed by atoms with van der Waals surface area (Å²) < 4.78 is 43.1. The summed E-state index contributed by atoms with van der Waals surface area (Å²) in [5.74, 6) is -1.20. The average Bonchev–Trinajstić information content (AvgIpc) is 3.06. The summed E-state index contributed by atoms with van der Waals surface area (Å²) in [6, 6.07) is 42.4. The van der Waals surface area contributed by atoms with Gasteiger partial charge in [-0.05, 0) is 54.1 Å². The molecule has 3 nitrogen and oxygen atoms in total. The molecule has 7 rings (SSSR count). The van der Waals surface area contributed by atoms with E-state index in [1.807, 2.05) is 108 Å². The third-order valence-corrected chi connectivity index (χ3v) is 7.43. The zero-order valence-electron chi connectivity index (χ0n) is 23.3. The largest absolute Gasteiger partial charge is 0.308 e. The van der Waals surface area contributed by atoms with Gasteiger partial charge in [0.05, 0.1) is 22.6 Å². The van der Waals surface area contributed by atoms with Gasteiger partial charge in [-0.25, -0.2) is 23.1 Å². The molecule has 0 bridgehead atoms. The molecule has 0 radical (unpaired) electrons. The number of hydrogen-bond acceptors (Lipinski definition) is 3. The highest BCUT2D eigenvalue weighted by Gasteiger charge is 2.22. The Morgan fingerprint density at radius 3 is 1.77 bits per heavy atom. The van der Waals surface area contributed by atoms with E-state index in [0.717, 1.165) is 28.3 Å². The van der Waals surface area contributed by atoms with Gasteiger partial charge >= 0.3 is 0 Å². The van der Waals surface area contributed by atoms with Gasteiger partial charge in [-0.3, -0.25) is 0 Å². The lowest BCUT2D eigenvalue weighted by molar-refractivity contribution is 0.584. The zero-order chi connectivity index (χ0) is 30.0. The normalized spacial score (nSPS) is 11.1. The molecule has 212 valence electrons. The van der Waals surface area contributed by atoms with E-state index in [1.54, 1.807) is 12.1 Å². The van der Waals surface area contributed by atoms with E-state index in [0.29, 0.717) is 39.5 Å². The number of nitrogens with zero attached hydrogens (tertiary/aromatic N) is 3. The molecular formula is C38H24F3N3. The molecule has 0 amide bonds. The summed E-state index contributed by atoms with van der Waals surface area (Å²) in [4.78, 5) is 12.1. The third kappa shape index (κ3) is 5.18. The van der Waals surface area contributed by atoms with Crippen LogP contribution in [0.1, 0.15) is 0 Å². The summed E-state index contributed by atoms with van der Waals surface area (Å²) in [7, 11) is 0. The molecule has 44 heavy (non-hydrogen) atoms. The first-order valence-corrected chi connectivity index (χ1v) is 14.1. The second-order valence-corrected chi connectivity index (χ2v) is 10.3. The lowest BCUT2D eigenvalue weighted by Gasteiger charge is -2.29. The van der Waals surface area contributed by atoms with Crippen LogP contribution in [0, 0.1) is 17.5 Å². The minimum absolute atomic E-state index is 0.370. The van der Waals surface area contributed by atoms with Crippen LogP contribution in [0.25, 0.3) is 44.7 Å². The first-order chi connectivity index (χ1) is 21.5. The number of aromatic nitrogens is 2. The van der Waals surface area contributed by atoms with Crippen molar-refractivity contribution >= 4 is 28.0 Å². The molecule has 0 saturated carbocycles. The minimum Gasteiger partial charge on any atom is -0.308 e. The van der Waals surface area contributed by atoms with Crippen LogP contribution in [0.3, 0.4) is 0 Å². The maximum Gasteiger partial charge on any atom is 0.160 e. The van der Waals surface area contributed by atoms with Crippen LogP contribution >= 0.6 is 0 Å². The fourth-order valence-electron chi connectivity index (χ4n) is 5.47. The monoisotopic (exact) mass is 579 g/mol. The molecule has 0 saturated heterocycles. The summed E-state index contributed by atoms with van der Waals surface area (Å²) >= 11 is 0. The van der Waals surface area contributed by atoms with E-state index < -0.39 is 11.6 Å². The Balaban J connectivity index is 1.55. The molecule has 6 heteroatoms. The Labute approximate surface area is 252 Å². The number of para-hydroxylation sites is 2. The number of rotatable bonds is 6. The smallest absolute Gasteiger partial charge is 0.160 e. The van der Waals surface area contributed by atoms with Gasteiger partial charge in [0, 0.05) is 33.8 Å². The molecule has 7 aromatic rings. The molecule has 1 heterocycles. The van der Waals surface area contributed by atoms with Gasteiger partial charge in [0.1, 0.15) is 17.5 Å². The van der Waals surface area contributed by atoms with Gasteiger partial charge in [-0.15, -0.1) is 0 Å². The maximum atomic E-state index is 14.4. The molecule has 0 unspecified atom stereocenters. The standard InChI is InChI=1S/C38H24F3N3/c39-28-18-20-31(21-19-28)44(34-16-8-7-14-32(34)27-22-29(40)24-30(41)23-27)35-17-9-15-33-36(25-10-3-1-4-11-25)42-38(43-37(33)35)26-12-5-2-6-13-26/h1-24H. The van der Waals surface area contributed by atoms with Crippen molar-refractivity contribution in [3.8, 4) is 33.8 Å². The van der Waals surface area contributed by atoms with Crippen molar-refractivity contribution < 1.29 is 13.2 Å². The van der Waals surface area contributed by atoms with Crippen molar-refractivity contribution in [3.63, 3.8) is 0 Å². The van der Waals surface area contributed by atoms with Crippen LogP contribution in [0.15, 0.2) is 146 Å². The van der Waals surface area contributed by atoms with Crippen molar-refractivity contribution in [2.24, 2.45) is 0 Å². The topological polar surface area (TPSA) is 29.0 Å². The Kier molecular flexibility index (Phi) is 7.08. The van der Waals surface area contributed by atoms with Crippen molar-refractivity contribution in [1.29, 1.82) is 0 Å². The third-order valence-electron chi connectivity index (χ3n) is 7.43. The van der Waals surface area contributed by atoms with Crippen molar-refractivity contribution in [2.75, 3.05) is 4.90 Å². The average molecular weight is 580 g/mol. The minimum atomic E-state index is -0.680. The first kappa shape index (κ1) is 27.1. The second kappa shape index (κ2) is 11.5. The highest BCUT2D eigenvalue weighted by molar-refractivity contribution is 6.04. The lowest BCUT2D eigenvalue weighted by Crippen LogP contribution is -2.13. The van der Waals surface area contributed by atoms with Crippen LogP contribution < -0.4 is 4.90 Å². The molecule has 0 spiro atoms. The summed E-state index contributed by atoms with van der Waals surface area (Å²) in [6.07, 6.45) is 0. The maximum absolute atomic E-state index is 14.4. The van der Waals surface area contributed by atoms with E-state index >= 15 is 0 Å². The summed E-state index contributed by atoms with van der Waals surface area (Å²) in [5, 5.41) is 0.815. The van der Waals surface area contributed by atoms with Gasteiger partial charge in [0.15, 0.2) is 5.82 Å². The SMILES string of the molecule is Fc1ccc(N(c2ccccc2-c2cc(F)cc(F)c2)c2cccc3c(-c4ccccc4)nc(-c4ccccc4)nc23)cc1. The number of hydrogen-bond donors (Lipinski definition) is 0. The van der Waals surface area contributed by atoms with Crippen molar-refractivity contribution in [1.82, 2.24) is 9.97 Å². The van der Waals surface area contributed by atoms with E-state index in [1.165, 1.54) is 24.3 Å². The first-order valence-electron chi connectivity index (χ1n) is 14.1. The molecule has 1 aromatic heterocycles. The van der Waals surface area contributed by atoms with Crippen LogP contribution in [-0.2, 0) is 0 Å². The molecule has 0 aliphatic heterocycles. The molecule has 0 N–H and O–H groups in total. The zero-order valence-corrected chi connectivity index (χ0v) is 23.3. The predicted octanol–water partition coefficient (Wildman–Crippen LogP) is 10.5. The van der Waals surface area contributed by atoms with Crippen LogP contribution in [0.2, 0.25) is 0 Å². The van der Waals surface area contributed by atoms with Crippen molar-refractivity contribution in [3.05, 3.63) is 163 Å². The fraction of sp³-hybridized carbons (Fsp3) is 0. The van der Waals surface area contributed by atoms with E-state index in [9.17, 15) is 13.2 Å². The van der Waals surface area contributed by atoms with Crippen LogP contribution in [0.4, 0.5) is 30.2 Å². The quantitative estimate of drug-likeness (QED) is 0.196. The van der Waals surface area contributed by atoms with Crippen LogP contribution in [0.5, 0.6) is 0 Å². The number of fused-ring (bicyclic) bond motifs is 1. The molecule has 0 fully saturated rings. The number of benzene rings is 6. The van der Waals surface area contributed by atoms with Gasteiger partial charge < -0.3 is 4.90 Å². The number of halogens is 3. The fourth-order valence-corrected chi connectivity index (χ4v) is 5.47. The van der Waals surface area contributed by atoms with Crippen LogP contribution in [-0.4, -0.2) is 9.97 Å². The molecule has 0 aliphatic carbocycles. The van der Waals surface area contributed by atoms with E-state index in [-0.39, 0.29) is 5.82 Å². The second-order valence-electron chi connectivity index (χ2n) is 10.3. The van der Waals surface area contributed by atoms with E-state index in [2.05, 4.69) is 0 Å². The molecule has 6 aromatic carbocycles. The summed E-state index contributed by atoms with van der Waals surface area (Å²) in [5.41, 5.74) is 6.13. The molecule has 0 atom stereocenters.